The number of rotatable bonds is 7. The van der Waals surface area contributed by atoms with Gasteiger partial charge in [-0.3, -0.25) is 9.36 Å². The maximum atomic E-state index is 12.9. The number of fused-ring (bicyclic) bond motifs is 1. The van der Waals surface area contributed by atoms with Gasteiger partial charge in [-0.2, -0.15) is 0 Å². The fourth-order valence-corrected chi connectivity index (χ4v) is 4.64. The van der Waals surface area contributed by atoms with E-state index in [-0.39, 0.29) is 11.2 Å². The molecule has 1 amide bonds. The molecule has 0 aliphatic carbocycles. The summed E-state index contributed by atoms with van der Waals surface area (Å²) in [5.74, 6) is 2.85. The molecule has 10 heteroatoms. The van der Waals surface area contributed by atoms with Crippen LogP contribution in [0.15, 0.2) is 46.2 Å². The van der Waals surface area contributed by atoms with E-state index in [2.05, 4.69) is 20.4 Å². The number of hydrogen-bond acceptors (Lipinski definition) is 8. The number of carbonyl (C=O) groups is 1. The third-order valence-corrected chi connectivity index (χ3v) is 6.52. The van der Waals surface area contributed by atoms with Gasteiger partial charge in [0, 0.05) is 24.8 Å². The SMILES string of the molecule is CC(Sc1nnc(N2CCCC2)n1Cc1ccco1)C(=O)Nc1ccc2c(c1)OCCO2. The summed E-state index contributed by atoms with van der Waals surface area (Å²) in [6.07, 6.45) is 3.94. The van der Waals surface area contributed by atoms with E-state index in [0.29, 0.717) is 42.1 Å². The molecular weight excluding hydrogens is 430 g/mol. The third kappa shape index (κ3) is 4.40. The van der Waals surface area contributed by atoms with Crippen molar-refractivity contribution in [2.45, 2.75) is 36.7 Å². The van der Waals surface area contributed by atoms with Crippen molar-refractivity contribution in [2.24, 2.45) is 0 Å². The molecule has 4 heterocycles. The molecule has 168 valence electrons. The number of carbonyl (C=O) groups excluding carboxylic acids is 1. The van der Waals surface area contributed by atoms with E-state index in [1.54, 1.807) is 12.3 Å². The molecule has 32 heavy (non-hydrogen) atoms. The highest BCUT2D eigenvalue weighted by Crippen LogP contribution is 2.33. The fourth-order valence-electron chi connectivity index (χ4n) is 3.79. The lowest BCUT2D eigenvalue weighted by molar-refractivity contribution is -0.115. The van der Waals surface area contributed by atoms with Gasteiger partial charge in [-0.05, 0) is 44.0 Å². The standard InChI is InChI=1S/C22H25N5O4S/c1-15(20(28)23-16-6-7-18-19(13-16)31-12-11-30-18)32-22-25-24-21(26-8-2-3-9-26)27(22)14-17-5-4-10-29-17/h4-7,10,13,15H,2-3,8-9,11-12,14H2,1H3,(H,23,28). The van der Waals surface area contributed by atoms with Crippen molar-refractivity contribution in [1.29, 1.82) is 0 Å². The minimum absolute atomic E-state index is 0.123. The molecule has 1 aromatic carbocycles. The molecule has 0 bridgehead atoms. The molecule has 2 aromatic heterocycles. The van der Waals surface area contributed by atoms with Crippen molar-refractivity contribution in [1.82, 2.24) is 14.8 Å². The van der Waals surface area contributed by atoms with E-state index in [4.69, 9.17) is 13.9 Å². The lowest BCUT2D eigenvalue weighted by Crippen LogP contribution is -2.24. The van der Waals surface area contributed by atoms with Gasteiger partial charge >= 0.3 is 0 Å². The lowest BCUT2D eigenvalue weighted by atomic mass is 10.2. The van der Waals surface area contributed by atoms with Crippen molar-refractivity contribution in [3.05, 3.63) is 42.4 Å². The Morgan fingerprint density at radius 2 is 1.97 bits per heavy atom. The maximum absolute atomic E-state index is 12.9. The van der Waals surface area contributed by atoms with Crippen molar-refractivity contribution in [2.75, 3.05) is 36.5 Å². The Morgan fingerprint density at radius 1 is 1.16 bits per heavy atom. The molecule has 1 atom stereocenters. The smallest absolute Gasteiger partial charge is 0.237 e. The number of nitrogens with one attached hydrogen (secondary N) is 1. The number of hydrogen-bond donors (Lipinski definition) is 1. The Bertz CT molecular complexity index is 1080. The van der Waals surface area contributed by atoms with Crippen LogP contribution in [0.2, 0.25) is 0 Å². The lowest BCUT2D eigenvalue weighted by Gasteiger charge is -2.20. The summed E-state index contributed by atoms with van der Waals surface area (Å²) in [6, 6.07) is 9.21. The summed E-state index contributed by atoms with van der Waals surface area (Å²) < 4.78 is 18.7. The molecule has 1 N–H and O–H groups in total. The fraction of sp³-hybridized carbons (Fsp3) is 0.409. The summed E-state index contributed by atoms with van der Waals surface area (Å²) >= 11 is 1.38. The Morgan fingerprint density at radius 3 is 2.75 bits per heavy atom. The first kappa shape index (κ1) is 20.7. The topological polar surface area (TPSA) is 94.7 Å². The number of aromatic nitrogens is 3. The largest absolute Gasteiger partial charge is 0.486 e. The monoisotopic (exact) mass is 455 g/mol. The van der Waals surface area contributed by atoms with E-state index in [0.717, 1.165) is 37.6 Å². The molecule has 3 aromatic rings. The predicted octanol–water partition coefficient (Wildman–Crippen LogP) is 3.41. The van der Waals surface area contributed by atoms with Gasteiger partial charge in [0.25, 0.3) is 0 Å². The van der Waals surface area contributed by atoms with E-state index in [1.165, 1.54) is 11.8 Å². The van der Waals surface area contributed by atoms with E-state index >= 15 is 0 Å². The summed E-state index contributed by atoms with van der Waals surface area (Å²) in [7, 11) is 0. The first-order chi connectivity index (χ1) is 15.7. The first-order valence-corrected chi connectivity index (χ1v) is 11.6. The second kappa shape index (κ2) is 9.15. The number of benzene rings is 1. The first-order valence-electron chi connectivity index (χ1n) is 10.7. The van der Waals surface area contributed by atoms with Gasteiger partial charge in [0.2, 0.25) is 11.9 Å². The van der Waals surface area contributed by atoms with Crippen LogP contribution in [0.25, 0.3) is 0 Å². The summed E-state index contributed by atoms with van der Waals surface area (Å²) in [6.45, 7) is 5.33. The average molecular weight is 456 g/mol. The zero-order valence-corrected chi connectivity index (χ0v) is 18.6. The molecule has 1 unspecified atom stereocenters. The number of anilines is 2. The normalized spacial score (nSPS) is 16.2. The third-order valence-electron chi connectivity index (χ3n) is 5.44. The molecule has 9 nitrogen and oxygen atoms in total. The van der Waals surface area contributed by atoms with Gasteiger partial charge in [-0.15, -0.1) is 10.2 Å². The second-order valence-electron chi connectivity index (χ2n) is 7.75. The number of ether oxygens (including phenoxy) is 2. The Hall–Kier alpha value is -3.14. The molecular formula is C22H25N5O4S. The van der Waals surface area contributed by atoms with E-state index < -0.39 is 0 Å². The summed E-state index contributed by atoms with van der Waals surface area (Å²) in [4.78, 5) is 15.1. The Kier molecular flexibility index (Phi) is 5.93. The molecule has 0 radical (unpaired) electrons. The Labute approximate surface area is 190 Å². The molecule has 0 saturated carbocycles. The van der Waals surface area contributed by atoms with Gasteiger partial charge in [0.15, 0.2) is 16.7 Å². The summed E-state index contributed by atoms with van der Waals surface area (Å²) in [5.41, 5.74) is 0.668. The van der Waals surface area contributed by atoms with Crippen molar-refractivity contribution >= 4 is 29.3 Å². The highest BCUT2D eigenvalue weighted by atomic mass is 32.2. The van der Waals surface area contributed by atoms with Crippen LogP contribution in [0.5, 0.6) is 11.5 Å². The zero-order chi connectivity index (χ0) is 21.9. The Balaban J connectivity index is 1.31. The van der Waals surface area contributed by atoms with Crippen LogP contribution in [0.4, 0.5) is 11.6 Å². The summed E-state index contributed by atoms with van der Waals surface area (Å²) in [5, 5.41) is 12.1. The highest BCUT2D eigenvalue weighted by molar-refractivity contribution is 8.00. The molecule has 2 aliphatic heterocycles. The van der Waals surface area contributed by atoms with Gasteiger partial charge < -0.3 is 24.1 Å². The number of thioether (sulfide) groups is 1. The number of furan rings is 1. The average Bonchev–Trinajstić information content (AvgIpc) is 3.57. The van der Waals surface area contributed by atoms with Gasteiger partial charge in [0.1, 0.15) is 19.0 Å². The highest BCUT2D eigenvalue weighted by Gasteiger charge is 2.25. The number of amides is 1. The van der Waals surface area contributed by atoms with Gasteiger partial charge in [-0.25, -0.2) is 0 Å². The quantitative estimate of drug-likeness (QED) is 0.542. The van der Waals surface area contributed by atoms with Crippen LogP contribution in [0.3, 0.4) is 0 Å². The van der Waals surface area contributed by atoms with Crippen LogP contribution in [0.1, 0.15) is 25.5 Å². The van der Waals surface area contributed by atoms with Crippen LogP contribution in [0, 0.1) is 0 Å². The zero-order valence-electron chi connectivity index (χ0n) is 17.8. The van der Waals surface area contributed by atoms with Crippen LogP contribution < -0.4 is 19.7 Å². The van der Waals surface area contributed by atoms with Crippen LogP contribution >= 0.6 is 11.8 Å². The minimum Gasteiger partial charge on any atom is -0.486 e. The molecule has 1 fully saturated rings. The van der Waals surface area contributed by atoms with E-state index in [9.17, 15) is 4.79 Å². The van der Waals surface area contributed by atoms with Crippen molar-refractivity contribution < 1.29 is 18.7 Å². The van der Waals surface area contributed by atoms with Gasteiger partial charge in [-0.1, -0.05) is 11.8 Å². The predicted molar refractivity (Wildman–Crippen MR) is 121 cm³/mol. The van der Waals surface area contributed by atoms with Crippen molar-refractivity contribution in [3.8, 4) is 11.5 Å². The number of nitrogens with zero attached hydrogens (tertiary/aromatic N) is 4. The van der Waals surface area contributed by atoms with Crippen LogP contribution in [-0.4, -0.2) is 52.2 Å². The minimum atomic E-state index is -0.380. The van der Waals surface area contributed by atoms with Crippen molar-refractivity contribution in [3.63, 3.8) is 0 Å². The molecule has 0 spiro atoms. The van der Waals surface area contributed by atoms with Crippen LogP contribution in [-0.2, 0) is 11.3 Å². The molecule has 5 rings (SSSR count). The van der Waals surface area contributed by atoms with E-state index in [1.807, 2.05) is 35.8 Å². The van der Waals surface area contributed by atoms with Gasteiger partial charge in [0.05, 0.1) is 18.1 Å². The maximum Gasteiger partial charge on any atom is 0.237 e. The molecule has 1 saturated heterocycles. The molecule has 2 aliphatic rings. The second-order valence-corrected chi connectivity index (χ2v) is 9.06.